The van der Waals surface area contributed by atoms with Crippen molar-refractivity contribution in [2.45, 2.75) is 35.4 Å². The number of carbonyl (C=O) groups is 1. The van der Waals surface area contributed by atoms with Crippen molar-refractivity contribution < 1.29 is 4.79 Å². The summed E-state index contributed by atoms with van der Waals surface area (Å²) in [5, 5.41) is 17.5. The van der Waals surface area contributed by atoms with Gasteiger partial charge in [0.25, 0.3) is 0 Å². The fourth-order valence-electron chi connectivity index (χ4n) is 4.51. The Bertz CT molecular complexity index is 1130. The quantitative estimate of drug-likeness (QED) is 0.376. The largest absolute Gasteiger partial charge is 0.366 e. The van der Waals surface area contributed by atoms with Crippen LogP contribution in [0, 0.1) is 11.8 Å². The van der Waals surface area contributed by atoms with E-state index in [0.717, 1.165) is 41.6 Å². The average molecular weight is 463 g/mol. The van der Waals surface area contributed by atoms with E-state index in [0.29, 0.717) is 22.9 Å². The van der Waals surface area contributed by atoms with E-state index in [1.807, 2.05) is 36.4 Å². The van der Waals surface area contributed by atoms with Crippen molar-refractivity contribution in [1.29, 1.82) is 0 Å². The van der Waals surface area contributed by atoms with Crippen molar-refractivity contribution in [3.8, 4) is 0 Å². The topological polar surface area (TPSA) is 111 Å². The zero-order chi connectivity index (χ0) is 22.2. The van der Waals surface area contributed by atoms with E-state index in [9.17, 15) is 4.79 Å². The lowest BCUT2D eigenvalue weighted by Gasteiger charge is -2.24. The molecule has 170 valence electrons. The molecule has 4 heterocycles. The second-order valence-corrected chi connectivity index (χ2v) is 10.0. The van der Waals surface area contributed by atoms with Gasteiger partial charge in [-0.25, -0.2) is 9.97 Å². The van der Waals surface area contributed by atoms with Gasteiger partial charge in [0, 0.05) is 47.8 Å². The van der Waals surface area contributed by atoms with Crippen molar-refractivity contribution in [2.75, 3.05) is 35.6 Å². The minimum Gasteiger partial charge on any atom is -0.366 e. The second kappa shape index (κ2) is 8.68. The van der Waals surface area contributed by atoms with Crippen LogP contribution in [0.15, 0.2) is 52.6 Å². The molecule has 0 spiro atoms. The molecular formula is C23H26N8OS. The summed E-state index contributed by atoms with van der Waals surface area (Å²) < 4.78 is 0. The molecule has 2 bridgehead atoms. The van der Waals surface area contributed by atoms with Crippen molar-refractivity contribution in [2.24, 2.45) is 11.8 Å². The number of piperidine rings is 1. The van der Waals surface area contributed by atoms with Crippen LogP contribution in [-0.4, -0.2) is 56.6 Å². The minimum absolute atomic E-state index is 0.115. The number of fused-ring (bicyclic) bond motifs is 2. The van der Waals surface area contributed by atoms with Crippen molar-refractivity contribution >= 4 is 40.8 Å². The van der Waals surface area contributed by atoms with E-state index in [4.69, 9.17) is 9.97 Å². The SMILES string of the molecule is O=C(Nc1ccc(Sc2nc(Nc3ccn[nH]3)cc(N[C@@H]3CN4CCC3C4)n2)cc1)C1CC1. The van der Waals surface area contributed by atoms with E-state index in [1.165, 1.54) is 31.3 Å². The molecule has 4 N–H and O–H groups in total. The summed E-state index contributed by atoms with van der Waals surface area (Å²) in [4.78, 5) is 25.0. The molecule has 2 aromatic heterocycles. The molecule has 1 aromatic carbocycles. The molecule has 3 aliphatic rings. The molecule has 3 fully saturated rings. The molecule has 33 heavy (non-hydrogen) atoms. The molecule has 3 aromatic rings. The summed E-state index contributed by atoms with van der Waals surface area (Å²) in [6.45, 7) is 3.44. The van der Waals surface area contributed by atoms with E-state index in [2.05, 4.69) is 31.0 Å². The maximum absolute atomic E-state index is 12.0. The highest BCUT2D eigenvalue weighted by atomic mass is 32.2. The van der Waals surface area contributed by atoms with Crippen LogP contribution in [-0.2, 0) is 4.79 Å². The molecule has 1 amide bonds. The van der Waals surface area contributed by atoms with Crippen molar-refractivity contribution in [3.05, 3.63) is 42.6 Å². The van der Waals surface area contributed by atoms with Gasteiger partial charge < -0.3 is 20.9 Å². The van der Waals surface area contributed by atoms with Gasteiger partial charge in [-0.05, 0) is 67.8 Å². The summed E-state index contributed by atoms with van der Waals surface area (Å²) in [5.41, 5.74) is 0.820. The van der Waals surface area contributed by atoms with E-state index in [1.54, 1.807) is 6.20 Å². The number of benzene rings is 1. The van der Waals surface area contributed by atoms with Crippen LogP contribution in [0.5, 0.6) is 0 Å². The van der Waals surface area contributed by atoms with Crippen molar-refractivity contribution in [3.63, 3.8) is 0 Å². The molecular weight excluding hydrogens is 436 g/mol. The van der Waals surface area contributed by atoms with Crippen LogP contribution in [0.2, 0.25) is 0 Å². The van der Waals surface area contributed by atoms with Gasteiger partial charge in [-0.3, -0.25) is 9.89 Å². The Kier molecular flexibility index (Phi) is 5.39. The highest BCUT2D eigenvalue weighted by molar-refractivity contribution is 7.99. The van der Waals surface area contributed by atoms with Crippen LogP contribution in [0.4, 0.5) is 23.1 Å². The molecule has 2 unspecified atom stereocenters. The maximum atomic E-state index is 12.0. The Balaban J connectivity index is 1.19. The van der Waals surface area contributed by atoms with Gasteiger partial charge in [0.1, 0.15) is 17.5 Å². The first-order valence-corrected chi connectivity index (χ1v) is 12.2. The van der Waals surface area contributed by atoms with Gasteiger partial charge in [-0.2, -0.15) is 5.10 Å². The fraction of sp³-hybridized carbons (Fsp3) is 0.391. The molecule has 10 heteroatoms. The molecule has 2 aliphatic heterocycles. The predicted molar refractivity (Wildman–Crippen MR) is 128 cm³/mol. The third-order valence-electron chi connectivity index (χ3n) is 6.41. The summed E-state index contributed by atoms with van der Waals surface area (Å²) in [6.07, 6.45) is 4.94. The smallest absolute Gasteiger partial charge is 0.227 e. The number of anilines is 4. The normalized spacial score (nSPS) is 23.5. The van der Waals surface area contributed by atoms with Crippen molar-refractivity contribution in [1.82, 2.24) is 25.1 Å². The summed E-state index contributed by atoms with van der Waals surface area (Å²) in [6, 6.07) is 12.1. The van der Waals surface area contributed by atoms with Gasteiger partial charge in [0.15, 0.2) is 5.16 Å². The highest BCUT2D eigenvalue weighted by Gasteiger charge is 2.38. The number of amides is 1. The molecule has 0 radical (unpaired) electrons. The molecule has 1 aliphatic carbocycles. The van der Waals surface area contributed by atoms with E-state index < -0.39 is 0 Å². The lowest BCUT2D eigenvalue weighted by molar-refractivity contribution is -0.117. The Labute approximate surface area is 196 Å². The van der Waals surface area contributed by atoms with Gasteiger partial charge >= 0.3 is 0 Å². The Morgan fingerprint density at radius 1 is 1.06 bits per heavy atom. The van der Waals surface area contributed by atoms with E-state index >= 15 is 0 Å². The van der Waals surface area contributed by atoms with Gasteiger partial charge in [-0.1, -0.05) is 0 Å². The number of rotatable bonds is 8. The Hall–Kier alpha value is -3.11. The summed E-state index contributed by atoms with van der Waals surface area (Å²) in [5.74, 6) is 3.29. The number of hydrogen-bond acceptors (Lipinski definition) is 8. The Morgan fingerprint density at radius 3 is 2.61 bits per heavy atom. The second-order valence-electron chi connectivity index (χ2n) is 8.97. The minimum atomic E-state index is 0.115. The maximum Gasteiger partial charge on any atom is 0.227 e. The third-order valence-corrected chi connectivity index (χ3v) is 7.29. The lowest BCUT2D eigenvalue weighted by Crippen LogP contribution is -2.34. The monoisotopic (exact) mass is 462 g/mol. The molecule has 2 saturated heterocycles. The van der Waals surface area contributed by atoms with Gasteiger partial charge in [-0.15, -0.1) is 0 Å². The first-order valence-electron chi connectivity index (χ1n) is 11.4. The highest BCUT2D eigenvalue weighted by Crippen LogP contribution is 2.33. The number of nitrogens with one attached hydrogen (secondary N) is 4. The average Bonchev–Trinajstić information content (AvgIpc) is 3.16. The van der Waals surface area contributed by atoms with Crippen LogP contribution in [0.25, 0.3) is 0 Å². The zero-order valence-electron chi connectivity index (χ0n) is 18.1. The molecule has 3 atom stereocenters. The van der Waals surface area contributed by atoms with Gasteiger partial charge in [0.2, 0.25) is 5.91 Å². The predicted octanol–water partition coefficient (Wildman–Crippen LogP) is 3.56. The Morgan fingerprint density at radius 2 is 1.91 bits per heavy atom. The van der Waals surface area contributed by atoms with Gasteiger partial charge in [0.05, 0.1) is 6.20 Å². The molecule has 6 rings (SSSR count). The molecule has 1 saturated carbocycles. The first kappa shape index (κ1) is 20.5. The number of hydrogen-bond donors (Lipinski definition) is 4. The summed E-state index contributed by atoms with van der Waals surface area (Å²) in [7, 11) is 0. The molecule has 9 nitrogen and oxygen atoms in total. The number of nitrogens with zero attached hydrogens (tertiary/aromatic N) is 4. The zero-order valence-corrected chi connectivity index (χ0v) is 18.9. The summed E-state index contributed by atoms with van der Waals surface area (Å²) >= 11 is 1.50. The number of carbonyl (C=O) groups excluding carboxylic acids is 1. The number of H-pyrrole nitrogens is 1. The third kappa shape index (κ3) is 4.81. The lowest BCUT2D eigenvalue weighted by atomic mass is 10.0. The first-order chi connectivity index (χ1) is 16.2. The van der Waals surface area contributed by atoms with Crippen LogP contribution >= 0.6 is 11.8 Å². The van der Waals surface area contributed by atoms with Crippen LogP contribution in [0.3, 0.4) is 0 Å². The standard InChI is InChI=1S/C23H26N8OS/c32-22(14-1-2-14)25-16-3-5-17(6-4-16)33-23-28-20(26-18-13-31-10-8-15(18)12-31)11-21(29-23)27-19-7-9-24-30-19/h3-7,9,11,14-15,18H,1-2,8,10,12-13H2,(H,25,32)(H3,24,26,27,28,29,30)/t15?,18-/m1/s1. The number of aromatic nitrogens is 4. The fourth-order valence-corrected chi connectivity index (χ4v) is 5.28. The van der Waals surface area contributed by atoms with Crippen LogP contribution in [0.1, 0.15) is 19.3 Å². The van der Waals surface area contributed by atoms with E-state index in [-0.39, 0.29) is 11.8 Å². The van der Waals surface area contributed by atoms with Crippen LogP contribution < -0.4 is 16.0 Å². The number of aromatic amines is 1.